The molecule has 0 amide bonds. The molecule has 1 aromatic carbocycles. The normalized spacial score (nSPS) is 28.6. The van der Waals surface area contributed by atoms with E-state index in [1.165, 1.54) is 5.56 Å². The highest BCUT2D eigenvalue weighted by atomic mass is 16.5. The Hall–Kier alpha value is -1.57. The number of rotatable bonds is 4. The molecule has 2 bridgehead atoms. The average molecular weight is 242 g/mol. The van der Waals surface area contributed by atoms with Gasteiger partial charge in [-0.3, -0.25) is 4.79 Å². The third-order valence-corrected chi connectivity index (χ3v) is 4.06. The molecule has 0 spiro atoms. The van der Waals surface area contributed by atoms with Gasteiger partial charge in [0.05, 0.1) is 12.5 Å². The van der Waals surface area contributed by atoms with E-state index in [1.54, 1.807) is 0 Å². The molecule has 18 heavy (non-hydrogen) atoms. The molecule has 1 aromatic rings. The van der Waals surface area contributed by atoms with Crippen molar-refractivity contribution >= 4 is 5.97 Å². The highest BCUT2D eigenvalue weighted by Gasteiger charge is 2.40. The molecule has 2 aliphatic carbocycles. The largest absolute Gasteiger partial charge is 0.465 e. The van der Waals surface area contributed by atoms with E-state index in [1.807, 2.05) is 18.2 Å². The van der Waals surface area contributed by atoms with Gasteiger partial charge in [0.1, 0.15) is 0 Å². The second kappa shape index (κ2) is 4.97. The van der Waals surface area contributed by atoms with Crippen molar-refractivity contribution in [2.24, 2.45) is 17.8 Å². The first-order valence-electron chi connectivity index (χ1n) is 6.72. The van der Waals surface area contributed by atoms with Crippen molar-refractivity contribution in [1.82, 2.24) is 0 Å². The zero-order chi connectivity index (χ0) is 12.4. The van der Waals surface area contributed by atoms with Crippen molar-refractivity contribution < 1.29 is 9.53 Å². The average Bonchev–Trinajstić information content (AvgIpc) is 3.02. The van der Waals surface area contributed by atoms with Gasteiger partial charge in [-0.15, -0.1) is 0 Å². The summed E-state index contributed by atoms with van der Waals surface area (Å²) in [5.41, 5.74) is 1.22. The molecular formula is C16H18O2. The van der Waals surface area contributed by atoms with E-state index < -0.39 is 0 Å². The third kappa shape index (κ3) is 2.33. The van der Waals surface area contributed by atoms with Crippen LogP contribution >= 0.6 is 0 Å². The lowest BCUT2D eigenvalue weighted by Crippen LogP contribution is -2.22. The van der Waals surface area contributed by atoms with E-state index in [0.717, 1.165) is 19.3 Å². The van der Waals surface area contributed by atoms with Crippen molar-refractivity contribution in [2.45, 2.75) is 19.3 Å². The van der Waals surface area contributed by atoms with Crippen LogP contribution in [0.1, 0.15) is 18.4 Å². The third-order valence-electron chi connectivity index (χ3n) is 4.06. The summed E-state index contributed by atoms with van der Waals surface area (Å²) >= 11 is 0. The molecule has 3 atom stereocenters. The van der Waals surface area contributed by atoms with Crippen LogP contribution in [0.25, 0.3) is 0 Å². The van der Waals surface area contributed by atoms with Gasteiger partial charge in [-0.05, 0) is 30.2 Å². The Morgan fingerprint density at radius 3 is 2.67 bits per heavy atom. The van der Waals surface area contributed by atoms with Crippen molar-refractivity contribution in [3.05, 3.63) is 48.0 Å². The molecule has 0 aliphatic heterocycles. The summed E-state index contributed by atoms with van der Waals surface area (Å²) in [7, 11) is 0. The summed E-state index contributed by atoms with van der Waals surface area (Å²) in [6, 6.07) is 10.1. The molecule has 0 aromatic heterocycles. The SMILES string of the molecule is O=C(OCCc1ccccc1)[C@@H]1C[C@@H]2C=C[C@H]1C2. The van der Waals surface area contributed by atoms with Gasteiger partial charge in [-0.25, -0.2) is 0 Å². The molecule has 0 radical (unpaired) electrons. The molecule has 2 heteroatoms. The molecule has 2 aliphatic rings. The molecule has 0 heterocycles. The number of fused-ring (bicyclic) bond motifs is 2. The maximum absolute atomic E-state index is 12.0. The fraction of sp³-hybridized carbons (Fsp3) is 0.438. The minimum Gasteiger partial charge on any atom is -0.465 e. The Morgan fingerprint density at radius 1 is 1.17 bits per heavy atom. The highest BCUT2D eigenvalue weighted by Crippen LogP contribution is 2.43. The van der Waals surface area contributed by atoms with Crippen molar-refractivity contribution in [3.63, 3.8) is 0 Å². The van der Waals surface area contributed by atoms with E-state index in [-0.39, 0.29) is 11.9 Å². The van der Waals surface area contributed by atoms with Gasteiger partial charge >= 0.3 is 5.97 Å². The second-order valence-electron chi connectivity index (χ2n) is 5.29. The van der Waals surface area contributed by atoms with Crippen LogP contribution in [-0.2, 0) is 16.0 Å². The fourth-order valence-electron chi connectivity index (χ4n) is 3.07. The van der Waals surface area contributed by atoms with Gasteiger partial charge in [0.15, 0.2) is 0 Å². The van der Waals surface area contributed by atoms with Crippen molar-refractivity contribution in [2.75, 3.05) is 6.61 Å². The van der Waals surface area contributed by atoms with E-state index in [4.69, 9.17) is 4.74 Å². The predicted molar refractivity (Wildman–Crippen MR) is 69.9 cm³/mol. The Labute approximate surface area is 108 Å². The molecule has 0 unspecified atom stereocenters. The van der Waals surface area contributed by atoms with Crippen molar-refractivity contribution in [1.29, 1.82) is 0 Å². The fourth-order valence-corrected chi connectivity index (χ4v) is 3.07. The first-order chi connectivity index (χ1) is 8.83. The number of hydrogen-bond acceptors (Lipinski definition) is 2. The zero-order valence-electron chi connectivity index (χ0n) is 10.4. The van der Waals surface area contributed by atoms with Crippen LogP contribution in [0.2, 0.25) is 0 Å². The summed E-state index contributed by atoms with van der Waals surface area (Å²) in [6.07, 6.45) is 7.39. The van der Waals surface area contributed by atoms with Gasteiger partial charge in [0.25, 0.3) is 0 Å². The number of hydrogen-bond donors (Lipinski definition) is 0. The van der Waals surface area contributed by atoms with Gasteiger partial charge in [0.2, 0.25) is 0 Å². The van der Waals surface area contributed by atoms with Crippen LogP contribution in [0.15, 0.2) is 42.5 Å². The van der Waals surface area contributed by atoms with Gasteiger partial charge in [0, 0.05) is 6.42 Å². The monoisotopic (exact) mass is 242 g/mol. The topological polar surface area (TPSA) is 26.3 Å². The molecule has 1 saturated carbocycles. The number of carbonyl (C=O) groups excluding carboxylic acids is 1. The Balaban J connectivity index is 1.46. The number of allylic oxidation sites excluding steroid dienone is 2. The smallest absolute Gasteiger partial charge is 0.309 e. The van der Waals surface area contributed by atoms with E-state index >= 15 is 0 Å². The maximum Gasteiger partial charge on any atom is 0.309 e. The van der Waals surface area contributed by atoms with E-state index in [2.05, 4.69) is 24.3 Å². The molecular weight excluding hydrogens is 224 g/mol. The first kappa shape index (κ1) is 11.5. The highest BCUT2D eigenvalue weighted by molar-refractivity contribution is 5.74. The van der Waals surface area contributed by atoms with Gasteiger partial charge in [-0.1, -0.05) is 42.5 Å². The lowest BCUT2D eigenvalue weighted by molar-refractivity contribution is -0.149. The lowest BCUT2D eigenvalue weighted by atomic mass is 9.94. The number of benzene rings is 1. The second-order valence-corrected chi connectivity index (χ2v) is 5.29. The minimum absolute atomic E-state index is 0.00258. The Morgan fingerprint density at radius 2 is 2.00 bits per heavy atom. The number of carbonyl (C=O) groups is 1. The molecule has 1 fully saturated rings. The summed E-state index contributed by atoms with van der Waals surface area (Å²) in [5.74, 6) is 1.19. The van der Waals surface area contributed by atoms with E-state index in [9.17, 15) is 4.79 Å². The number of ether oxygens (including phenoxy) is 1. The minimum atomic E-state index is 0.00258. The van der Waals surface area contributed by atoms with Crippen LogP contribution in [0, 0.1) is 17.8 Å². The zero-order valence-corrected chi connectivity index (χ0v) is 10.4. The van der Waals surface area contributed by atoms with Gasteiger partial charge in [-0.2, -0.15) is 0 Å². The lowest BCUT2D eigenvalue weighted by Gasteiger charge is -2.16. The molecule has 0 saturated heterocycles. The first-order valence-corrected chi connectivity index (χ1v) is 6.72. The van der Waals surface area contributed by atoms with Crippen LogP contribution in [0.4, 0.5) is 0 Å². The molecule has 94 valence electrons. The molecule has 2 nitrogen and oxygen atoms in total. The quantitative estimate of drug-likeness (QED) is 0.599. The summed E-state index contributed by atoms with van der Waals surface area (Å²) in [5, 5.41) is 0. The molecule has 3 rings (SSSR count). The molecule has 0 N–H and O–H groups in total. The Kier molecular flexibility index (Phi) is 3.18. The van der Waals surface area contributed by atoms with Crippen LogP contribution in [0.3, 0.4) is 0 Å². The van der Waals surface area contributed by atoms with Gasteiger partial charge < -0.3 is 4.74 Å². The summed E-state index contributed by atoms with van der Waals surface area (Å²) in [6.45, 7) is 0.500. The Bertz CT molecular complexity index is 449. The predicted octanol–water partition coefficient (Wildman–Crippen LogP) is 2.98. The van der Waals surface area contributed by atoms with E-state index in [0.29, 0.717) is 18.4 Å². The summed E-state index contributed by atoms with van der Waals surface area (Å²) in [4.78, 5) is 12.0. The van der Waals surface area contributed by atoms with Crippen LogP contribution in [-0.4, -0.2) is 12.6 Å². The summed E-state index contributed by atoms with van der Waals surface area (Å²) < 4.78 is 5.41. The van der Waals surface area contributed by atoms with Crippen molar-refractivity contribution in [3.8, 4) is 0 Å². The standard InChI is InChI=1S/C16H18O2/c17-16(15-11-13-6-7-14(15)10-13)18-9-8-12-4-2-1-3-5-12/h1-7,13-15H,8-11H2/t13-,14+,15-/m1/s1. The van der Waals surface area contributed by atoms with Crippen LogP contribution < -0.4 is 0 Å². The number of esters is 1. The van der Waals surface area contributed by atoms with Crippen LogP contribution in [0.5, 0.6) is 0 Å². The maximum atomic E-state index is 12.0.